The van der Waals surface area contributed by atoms with Crippen molar-refractivity contribution in [2.45, 2.75) is 26.4 Å². The van der Waals surface area contributed by atoms with Crippen LogP contribution in [0.3, 0.4) is 0 Å². The number of nitrogens with zero attached hydrogens (tertiary/aromatic N) is 2. The first-order chi connectivity index (χ1) is 9.14. The summed E-state index contributed by atoms with van der Waals surface area (Å²) in [5.74, 6) is 0. The maximum absolute atomic E-state index is 11.6. The Balaban J connectivity index is 3.12. The van der Waals surface area contributed by atoms with Gasteiger partial charge in [0.25, 0.3) is 5.69 Å². The maximum atomic E-state index is 11.6. The van der Waals surface area contributed by atoms with Crippen molar-refractivity contribution in [3.63, 3.8) is 0 Å². The molecule has 0 saturated carbocycles. The van der Waals surface area contributed by atoms with E-state index in [2.05, 4.69) is 5.32 Å². The van der Waals surface area contributed by atoms with Crippen LogP contribution in [-0.2, 0) is 4.74 Å². The number of hydrogen-bond acceptors (Lipinski definition) is 5. The Morgan fingerprint density at radius 2 is 2.10 bits per heavy atom. The van der Waals surface area contributed by atoms with E-state index in [1.165, 1.54) is 0 Å². The molecule has 1 amide bonds. The third-order valence-corrected chi connectivity index (χ3v) is 2.35. The first kappa shape index (κ1) is 15.7. The van der Waals surface area contributed by atoms with E-state index in [1.54, 1.807) is 26.8 Å². The highest BCUT2D eigenvalue weighted by Crippen LogP contribution is 2.31. The highest BCUT2D eigenvalue weighted by molar-refractivity contribution is 6.32. The summed E-state index contributed by atoms with van der Waals surface area (Å²) in [6, 6.07) is 3.87. The van der Waals surface area contributed by atoms with E-state index in [9.17, 15) is 14.9 Å². The molecular weight excluding hydrogens is 286 g/mol. The number of amides is 1. The minimum Gasteiger partial charge on any atom is -0.444 e. The van der Waals surface area contributed by atoms with Crippen LogP contribution in [0, 0.1) is 21.4 Å². The lowest BCUT2D eigenvalue weighted by Gasteiger charge is -2.19. The molecule has 1 rings (SSSR count). The van der Waals surface area contributed by atoms with Crippen molar-refractivity contribution >= 4 is 29.1 Å². The van der Waals surface area contributed by atoms with Crippen LogP contribution in [0.4, 0.5) is 16.2 Å². The Labute approximate surface area is 120 Å². The van der Waals surface area contributed by atoms with Gasteiger partial charge in [-0.2, -0.15) is 5.26 Å². The molecule has 0 aliphatic heterocycles. The van der Waals surface area contributed by atoms with Gasteiger partial charge in [0.2, 0.25) is 0 Å². The van der Waals surface area contributed by atoms with E-state index in [4.69, 9.17) is 21.6 Å². The van der Waals surface area contributed by atoms with Crippen LogP contribution in [0.1, 0.15) is 26.3 Å². The highest BCUT2D eigenvalue weighted by atomic mass is 35.5. The van der Waals surface area contributed by atoms with Crippen LogP contribution < -0.4 is 5.32 Å². The predicted molar refractivity (Wildman–Crippen MR) is 72.7 cm³/mol. The lowest BCUT2D eigenvalue weighted by molar-refractivity contribution is -0.383. The SMILES string of the molecule is CC(C)(C)OC(=O)Nc1cc(Cl)c(C#N)cc1[N+](=O)[O-]. The quantitative estimate of drug-likeness (QED) is 0.664. The molecule has 0 saturated heterocycles. The molecule has 0 fully saturated rings. The van der Waals surface area contributed by atoms with Crippen molar-refractivity contribution in [3.8, 4) is 6.07 Å². The van der Waals surface area contributed by atoms with Gasteiger partial charge < -0.3 is 4.74 Å². The molecule has 0 aliphatic carbocycles. The molecule has 0 aliphatic rings. The molecule has 0 spiro atoms. The van der Waals surface area contributed by atoms with Gasteiger partial charge in [0, 0.05) is 6.07 Å². The van der Waals surface area contributed by atoms with Gasteiger partial charge in [0.1, 0.15) is 17.4 Å². The summed E-state index contributed by atoms with van der Waals surface area (Å²) in [5, 5.41) is 22.0. The fourth-order valence-electron chi connectivity index (χ4n) is 1.31. The second kappa shape index (κ2) is 5.75. The fourth-order valence-corrected chi connectivity index (χ4v) is 1.52. The smallest absolute Gasteiger partial charge is 0.412 e. The second-order valence-corrected chi connectivity index (χ2v) is 5.25. The zero-order valence-corrected chi connectivity index (χ0v) is 11.8. The zero-order valence-electron chi connectivity index (χ0n) is 11.1. The lowest BCUT2D eigenvalue weighted by atomic mass is 10.2. The molecule has 0 unspecified atom stereocenters. The van der Waals surface area contributed by atoms with E-state index in [1.807, 2.05) is 0 Å². The Hall–Kier alpha value is -2.33. The Bertz CT molecular complexity index is 602. The third kappa shape index (κ3) is 4.10. The van der Waals surface area contributed by atoms with Crippen molar-refractivity contribution in [2.24, 2.45) is 0 Å². The molecule has 0 aromatic heterocycles. The van der Waals surface area contributed by atoms with Crippen LogP contribution >= 0.6 is 11.6 Å². The Morgan fingerprint density at radius 3 is 2.55 bits per heavy atom. The maximum Gasteiger partial charge on any atom is 0.412 e. The standard InChI is InChI=1S/C12H12ClN3O4/c1-12(2,3)20-11(17)15-9-5-8(13)7(6-14)4-10(9)16(18)19/h4-5H,1-3H3,(H,15,17). The van der Waals surface area contributed by atoms with Crippen molar-refractivity contribution in [2.75, 3.05) is 5.32 Å². The number of benzene rings is 1. The van der Waals surface area contributed by atoms with E-state index >= 15 is 0 Å². The largest absolute Gasteiger partial charge is 0.444 e. The number of carbonyl (C=O) groups excluding carboxylic acids is 1. The average molecular weight is 298 g/mol. The number of nitro groups is 1. The van der Waals surface area contributed by atoms with E-state index in [-0.39, 0.29) is 16.3 Å². The van der Waals surface area contributed by atoms with Gasteiger partial charge in [-0.3, -0.25) is 15.4 Å². The van der Waals surface area contributed by atoms with Crippen LogP contribution in [0.25, 0.3) is 0 Å². The minimum atomic E-state index is -0.846. The van der Waals surface area contributed by atoms with Gasteiger partial charge in [-0.25, -0.2) is 4.79 Å². The first-order valence-electron chi connectivity index (χ1n) is 5.52. The number of rotatable bonds is 2. The molecule has 20 heavy (non-hydrogen) atoms. The van der Waals surface area contributed by atoms with Crippen LogP contribution in [0.5, 0.6) is 0 Å². The molecule has 8 heteroatoms. The van der Waals surface area contributed by atoms with E-state index < -0.39 is 22.3 Å². The summed E-state index contributed by atoms with van der Waals surface area (Å²) >= 11 is 5.79. The van der Waals surface area contributed by atoms with Crippen LogP contribution in [0.2, 0.25) is 5.02 Å². The molecule has 1 N–H and O–H groups in total. The average Bonchev–Trinajstić information content (AvgIpc) is 2.25. The Morgan fingerprint density at radius 1 is 1.50 bits per heavy atom. The summed E-state index contributed by atoms with van der Waals surface area (Å²) in [5.41, 5.74) is -1.35. The van der Waals surface area contributed by atoms with Gasteiger partial charge in [0.15, 0.2) is 0 Å². The minimum absolute atomic E-state index is 0.00385. The normalized spacial score (nSPS) is 10.6. The Kier molecular flexibility index (Phi) is 4.53. The van der Waals surface area contributed by atoms with E-state index in [0.29, 0.717) is 0 Å². The summed E-state index contributed by atoms with van der Waals surface area (Å²) in [4.78, 5) is 21.8. The molecule has 1 aromatic rings. The van der Waals surface area contributed by atoms with Crippen LogP contribution in [-0.4, -0.2) is 16.6 Å². The van der Waals surface area contributed by atoms with Gasteiger partial charge >= 0.3 is 6.09 Å². The number of ether oxygens (including phenoxy) is 1. The number of hydrogen-bond donors (Lipinski definition) is 1. The van der Waals surface area contributed by atoms with Crippen molar-refractivity contribution < 1.29 is 14.5 Å². The molecule has 7 nitrogen and oxygen atoms in total. The van der Waals surface area contributed by atoms with Gasteiger partial charge in [-0.15, -0.1) is 0 Å². The predicted octanol–water partition coefficient (Wildman–Crippen LogP) is 3.47. The number of nitriles is 1. The van der Waals surface area contributed by atoms with Crippen molar-refractivity contribution in [1.82, 2.24) is 0 Å². The zero-order chi connectivity index (χ0) is 15.5. The van der Waals surface area contributed by atoms with Gasteiger partial charge in [-0.1, -0.05) is 11.6 Å². The van der Waals surface area contributed by atoms with Gasteiger partial charge in [0.05, 0.1) is 15.5 Å². The fraction of sp³-hybridized carbons (Fsp3) is 0.333. The molecule has 106 valence electrons. The number of nitrogens with one attached hydrogen (secondary N) is 1. The highest BCUT2D eigenvalue weighted by Gasteiger charge is 2.22. The number of halogens is 1. The van der Waals surface area contributed by atoms with Crippen LogP contribution in [0.15, 0.2) is 12.1 Å². The second-order valence-electron chi connectivity index (χ2n) is 4.85. The summed E-state index contributed by atoms with van der Waals surface area (Å²) in [6.45, 7) is 4.98. The first-order valence-corrected chi connectivity index (χ1v) is 5.90. The molecule has 0 radical (unpaired) electrons. The van der Waals surface area contributed by atoms with E-state index in [0.717, 1.165) is 12.1 Å². The summed E-state index contributed by atoms with van der Waals surface area (Å²) in [7, 11) is 0. The molecule has 1 aromatic carbocycles. The molecule has 0 bridgehead atoms. The molecule has 0 atom stereocenters. The third-order valence-electron chi connectivity index (χ3n) is 2.04. The summed E-state index contributed by atoms with van der Waals surface area (Å²) < 4.78 is 4.99. The number of nitro benzene ring substituents is 1. The monoisotopic (exact) mass is 297 g/mol. The lowest BCUT2D eigenvalue weighted by Crippen LogP contribution is -2.27. The summed E-state index contributed by atoms with van der Waals surface area (Å²) in [6.07, 6.45) is -0.846. The molecular formula is C12H12ClN3O4. The topological polar surface area (TPSA) is 105 Å². The van der Waals surface area contributed by atoms with Crippen molar-refractivity contribution in [3.05, 3.63) is 32.8 Å². The van der Waals surface area contributed by atoms with Crippen molar-refractivity contribution in [1.29, 1.82) is 5.26 Å². The number of carbonyl (C=O) groups is 1. The number of anilines is 1. The molecule has 0 heterocycles. The van der Waals surface area contributed by atoms with Gasteiger partial charge in [-0.05, 0) is 26.8 Å².